The van der Waals surface area contributed by atoms with Crippen LogP contribution in [0.15, 0.2) is 23.2 Å². The van der Waals surface area contributed by atoms with Gasteiger partial charge in [-0.15, -0.1) is 24.0 Å². The average molecular weight is 428 g/mol. The van der Waals surface area contributed by atoms with Crippen LogP contribution in [0.3, 0.4) is 0 Å². The van der Waals surface area contributed by atoms with E-state index in [1.54, 1.807) is 0 Å². The molecule has 4 nitrogen and oxygen atoms in total. The van der Waals surface area contributed by atoms with E-state index < -0.39 is 0 Å². The summed E-state index contributed by atoms with van der Waals surface area (Å²) in [4.78, 5) is 11.5. The molecule has 0 amide bonds. The summed E-state index contributed by atoms with van der Waals surface area (Å²) >= 11 is 0. The number of rotatable bonds is 2. The lowest BCUT2D eigenvalue weighted by Crippen LogP contribution is -2.41. The molecule has 1 spiro atoms. The standard InChI is InChI=1S/C18H28N4.HI/c1-15-7-6-8-16(21-15)13-20-17(19-2)22-12-11-18(14-22)9-4-3-5-10-18;/h6-8H,3-5,9-14H2,1-2H3,(H,19,20);1H. The average Bonchev–Trinajstić information content (AvgIpc) is 2.92. The summed E-state index contributed by atoms with van der Waals surface area (Å²) in [5.74, 6) is 1.03. The number of guanidine groups is 1. The Kier molecular flexibility index (Phi) is 6.68. The van der Waals surface area contributed by atoms with Crippen LogP contribution in [-0.4, -0.2) is 36.0 Å². The second-order valence-electron chi connectivity index (χ2n) is 6.90. The van der Waals surface area contributed by atoms with Gasteiger partial charge in [0.2, 0.25) is 0 Å². The van der Waals surface area contributed by atoms with Crippen molar-refractivity contribution in [3.63, 3.8) is 0 Å². The van der Waals surface area contributed by atoms with Crippen LogP contribution in [0.5, 0.6) is 0 Å². The van der Waals surface area contributed by atoms with E-state index in [1.165, 1.54) is 45.1 Å². The largest absolute Gasteiger partial charge is 0.351 e. The van der Waals surface area contributed by atoms with Gasteiger partial charge in [0, 0.05) is 25.8 Å². The van der Waals surface area contributed by atoms with Crippen LogP contribution in [0.1, 0.15) is 49.9 Å². The van der Waals surface area contributed by atoms with Crippen molar-refractivity contribution < 1.29 is 0 Å². The number of likely N-dealkylation sites (tertiary alicyclic amines) is 1. The van der Waals surface area contributed by atoms with E-state index in [2.05, 4.69) is 32.3 Å². The molecule has 2 aliphatic rings. The van der Waals surface area contributed by atoms with Crippen molar-refractivity contribution in [2.45, 2.75) is 52.0 Å². The number of halogens is 1. The Morgan fingerprint density at radius 1 is 1.26 bits per heavy atom. The Morgan fingerprint density at radius 2 is 2.04 bits per heavy atom. The van der Waals surface area contributed by atoms with Gasteiger partial charge in [-0.1, -0.05) is 25.3 Å². The second-order valence-corrected chi connectivity index (χ2v) is 6.90. The lowest BCUT2D eigenvalue weighted by Gasteiger charge is -2.33. The molecule has 1 aliphatic carbocycles. The van der Waals surface area contributed by atoms with Gasteiger partial charge in [0.15, 0.2) is 5.96 Å². The molecule has 0 aromatic carbocycles. The highest BCUT2D eigenvalue weighted by atomic mass is 127. The first-order valence-corrected chi connectivity index (χ1v) is 8.59. The molecular weight excluding hydrogens is 399 g/mol. The monoisotopic (exact) mass is 428 g/mol. The zero-order valence-corrected chi connectivity index (χ0v) is 16.7. The fourth-order valence-electron chi connectivity index (χ4n) is 4.03. The van der Waals surface area contributed by atoms with Crippen LogP contribution in [-0.2, 0) is 6.54 Å². The number of aliphatic imine (C=N–C) groups is 1. The molecule has 2 fully saturated rings. The molecule has 128 valence electrons. The summed E-state index contributed by atoms with van der Waals surface area (Å²) in [6, 6.07) is 6.17. The van der Waals surface area contributed by atoms with Gasteiger partial charge in [-0.25, -0.2) is 0 Å². The molecule has 5 heteroatoms. The summed E-state index contributed by atoms with van der Waals surface area (Å²) in [6.07, 6.45) is 8.38. The lowest BCUT2D eigenvalue weighted by molar-refractivity contribution is 0.203. The summed E-state index contributed by atoms with van der Waals surface area (Å²) < 4.78 is 0. The number of nitrogens with one attached hydrogen (secondary N) is 1. The maximum Gasteiger partial charge on any atom is 0.193 e. The molecule has 1 aromatic heterocycles. The smallest absolute Gasteiger partial charge is 0.193 e. The van der Waals surface area contributed by atoms with E-state index in [9.17, 15) is 0 Å². The minimum atomic E-state index is 0. The molecule has 0 atom stereocenters. The van der Waals surface area contributed by atoms with Gasteiger partial charge < -0.3 is 10.2 Å². The summed E-state index contributed by atoms with van der Waals surface area (Å²) in [5.41, 5.74) is 2.71. The van der Waals surface area contributed by atoms with Gasteiger partial charge in [0.25, 0.3) is 0 Å². The highest BCUT2D eigenvalue weighted by Gasteiger charge is 2.39. The molecule has 1 saturated carbocycles. The van der Waals surface area contributed by atoms with E-state index in [0.717, 1.165) is 30.4 Å². The van der Waals surface area contributed by atoms with Crippen molar-refractivity contribution in [1.82, 2.24) is 15.2 Å². The fourth-order valence-corrected chi connectivity index (χ4v) is 4.03. The number of pyridine rings is 1. The molecule has 3 rings (SSSR count). The number of nitrogens with zero attached hydrogens (tertiary/aromatic N) is 3. The first-order valence-electron chi connectivity index (χ1n) is 8.59. The summed E-state index contributed by atoms with van der Waals surface area (Å²) in [7, 11) is 1.89. The Bertz CT molecular complexity index is 538. The maximum atomic E-state index is 4.55. The van der Waals surface area contributed by atoms with E-state index in [4.69, 9.17) is 0 Å². The molecule has 2 heterocycles. The van der Waals surface area contributed by atoms with Crippen LogP contribution in [0.4, 0.5) is 0 Å². The maximum absolute atomic E-state index is 4.55. The summed E-state index contributed by atoms with van der Waals surface area (Å²) in [5, 5.41) is 3.49. The van der Waals surface area contributed by atoms with Crippen molar-refractivity contribution in [3.05, 3.63) is 29.6 Å². The van der Waals surface area contributed by atoms with E-state index in [0.29, 0.717) is 5.41 Å². The van der Waals surface area contributed by atoms with Crippen LogP contribution in [0.2, 0.25) is 0 Å². The summed E-state index contributed by atoms with van der Waals surface area (Å²) in [6.45, 7) is 5.10. The highest BCUT2D eigenvalue weighted by molar-refractivity contribution is 14.0. The Morgan fingerprint density at radius 3 is 2.74 bits per heavy atom. The molecule has 0 unspecified atom stereocenters. The zero-order chi connectivity index (χ0) is 15.4. The van der Waals surface area contributed by atoms with E-state index in [1.807, 2.05) is 20.0 Å². The number of hydrogen-bond donors (Lipinski definition) is 1. The molecule has 1 saturated heterocycles. The zero-order valence-electron chi connectivity index (χ0n) is 14.3. The third-order valence-corrected chi connectivity index (χ3v) is 5.24. The van der Waals surface area contributed by atoms with Crippen LogP contribution in [0.25, 0.3) is 0 Å². The van der Waals surface area contributed by atoms with Crippen LogP contribution < -0.4 is 5.32 Å². The van der Waals surface area contributed by atoms with Crippen molar-refractivity contribution in [2.75, 3.05) is 20.1 Å². The van der Waals surface area contributed by atoms with Gasteiger partial charge in [0.05, 0.1) is 12.2 Å². The topological polar surface area (TPSA) is 40.5 Å². The second kappa shape index (κ2) is 8.31. The predicted molar refractivity (Wildman–Crippen MR) is 106 cm³/mol. The normalized spacial score (nSPS) is 20.4. The minimum Gasteiger partial charge on any atom is -0.351 e. The van der Waals surface area contributed by atoms with Gasteiger partial charge in [0.1, 0.15) is 0 Å². The van der Waals surface area contributed by atoms with E-state index >= 15 is 0 Å². The van der Waals surface area contributed by atoms with Crippen molar-refractivity contribution in [3.8, 4) is 0 Å². The van der Waals surface area contributed by atoms with E-state index in [-0.39, 0.29) is 24.0 Å². The predicted octanol–water partition coefficient (Wildman–Crippen LogP) is 3.74. The number of aromatic nitrogens is 1. The van der Waals surface area contributed by atoms with Gasteiger partial charge in [-0.2, -0.15) is 0 Å². The molecular formula is C18H29IN4. The third kappa shape index (κ3) is 4.58. The molecule has 23 heavy (non-hydrogen) atoms. The first kappa shape index (κ1) is 18.5. The SMILES string of the molecule is CN=C(NCc1cccc(C)n1)N1CCC2(CCCCC2)C1.I. The Hall–Kier alpha value is -0.850. The quantitative estimate of drug-likeness (QED) is 0.443. The minimum absolute atomic E-state index is 0. The molecule has 1 aliphatic heterocycles. The lowest BCUT2D eigenvalue weighted by atomic mass is 9.73. The molecule has 0 radical (unpaired) electrons. The van der Waals surface area contributed by atoms with Gasteiger partial charge in [-0.05, 0) is 43.7 Å². The third-order valence-electron chi connectivity index (χ3n) is 5.24. The molecule has 1 N–H and O–H groups in total. The Balaban J connectivity index is 0.00000192. The van der Waals surface area contributed by atoms with Gasteiger partial charge in [-0.3, -0.25) is 9.98 Å². The fraction of sp³-hybridized carbons (Fsp3) is 0.667. The number of aryl methyl sites for hydroxylation is 1. The highest BCUT2D eigenvalue weighted by Crippen LogP contribution is 2.43. The van der Waals surface area contributed by atoms with Gasteiger partial charge >= 0.3 is 0 Å². The molecule has 1 aromatic rings. The van der Waals surface area contributed by atoms with Crippen LogP contribution >= 0.6 is 24.0 Å². The first-order chi connectivity index (χ1) is 10.7. The van der Waals surface area contributed by atoms with Crippen molar-refractivity contribution in [2.24, 2.45) is 10.4 Å². The van der Waals surface area contributed by atoms with Crippen molar-refractivity contribution in [1.29, 1.82) is 0 Å². The number of hydrogen-bond acceptors (Lipinski definition) is 2. The van der Waals surface area contributed by atoms with Crippen molar-refractivity contribution >= 4 is 29.9 Å². The Labute approximate surface area is 157 Å². The molecule has 0 bridgehead atoms. The van der Waals surface area contributed by atoms with Crippen LogP contribution in [0, 0.1) is 12.3 Å².